The number of nitrogens with zero attached hydrogens (tertiary/aromatic N) is 3. The second kappa shape index (κ2) is 4.54. The second-order valence-corrected chi connectivity index (χ2v) is 6.07. The molecule has 1 amide bonds. The van der Waals surface area contributed by atoms with Crippen molar-refractivity contribution in [2.75, 3.05) is 18.8 Å². The van der Waals surface area contributed by atoms with Gasteiger partial charge in [-0.2, -0.15) is 5.10 Å². The van der Waals surface area contributed by atoms with Crippen LogP contribution in [0.15, 0.2) is 0 Å². The van der Waals surface area contributed by atoms with Crippen molar-refractivity contribution in [1.29, 1.82) is 0 Å². The molecule has 0 atom stereocenters. The lowest BCUT2D eigenvalue weighted by atomic mass is 10.2. The van der Waals surface area contributed by atoms with Gasteiger partial charge in [0.2, 0.25) is 0 Å². The highest BCUT2D eigenvalue weighted by Gasteiger charge is 2.33. The van der Waals surface area contributed by atoms with Crippen LogP contribution >= 0.6 is 0 Å². The Morgan fingerprint density at radius 3 is 2.21 bits per heavy atom. The molecule has 0 aromatic carbocycles. The van der Waals surface area contributed by atoms with Crippen LogP contribution in [0.25, 0.3) is 0 Å². The van der Waals surface area contributed by atoms with Gasteiger partial charge in [0.25, 0.3) is 5.91 Å². The zero-order valence-electron chi connectivity index (χ0n) is 11.7. The minimum atomic E-state index is 0.0550. The summed E-state index contributed by atoms with van der Waals surface area (Å²) in [6, 6.07) is 0. The first kappa shape index (κ1) is 12.5. The van der Waals surface area contributed by atoms with Crippen molar-refractivity contribution < 1.29 is 4.79 Å². The molecule has 0 aliphatic heterocycles. The van der Waals surface area contributed by atoms with Crippen LogP contribution in [0.1, 0.15) is 41.9 Å². The number of hydrogen-bond donors (Lipinski definition) is 1. The molecule has 2 aliphatic rings. The molecule has 0 radical (unpaired) electrons. The minimum Gasteiger partial charge on any atom is -0.395 e. The van der Waals surface area contributed by atoms with Crippen LogP contribution in [0.2, 0.25) is 0 Å². The first-order valence-electron chi connectivity index (χ1n) is 7.14. The Kier molecular flexibility index (Phi) is 2.99. The van der Waals surface area contributed by atoms with Gasteiger partial charge in [-0.1, -0.05) is 0 Å². The van der Waals surface area contributed by atoms with Gasteiger partial charge in [0.15, 0.2) is 0 Å². The quantitative estimate of drug-likeness (QED) is 0.876. The highest BCUT2D eigenvalue weighted by molar-refractivity contribution is 5.98. The van der Waals surface area contributed by atoms with Gasteiger partial charge in [-0.25, -0.2) is 0 Å². The first-order valence-corrected chi connectivity index (χ1v) is 7.14. The number of nitrogen functional groups attached to an aromatic ring is 1. The molecule has 19 heavy (non-hydrogen) atoms. The molecule has 3 rings (SSSR count). The van der Waals surface area contributed by atoms with E-state index in [4.69, 9.17) is 5.73 Å². The number of hydrogen-bond acceptors (Lipinski definition) is 3. The topological polar surface area (TPSA) is 64.2 Å². The Morgan fingerprint density at radius 1 is 1.32 bits per heavy atom. The fraction of sp³-hybridized carbons (Fsp3) is 0.714. The number of anilines is 1. The summed E-state index contributed by atoms with van der Waals surface area (Å²) in [5.74, 6) is 1.47. The van der Waals surface area contributed by atoms with E-state index in [1.54, 1.807) is 11.7 Å². The van der Waals surface area contributed by atoms with Crippen LogP contribution in [-0.2, 0) is 7.05 Å². The number of aromatic nitrogens is 2. The fourth-order valence-corrected chi connectivity index (χ4v) is 2.54. The minimum absolute atomic E-state index is 0.0550. The zero-order valence-corrected chi connectivity index (χ0v) is 11.7. The maximum Gasteiger partial charge on any atom is 0.274 e. The lowest BCUT2D eigenvalue weighted by Crippen LogP contribution is -2.36. The molecule has 2 saturated carbocycles. The van der Waals surface area contributed by atoms with E-state index in [9.17, 15) is 4.79 Å². The summed E-state index contributed by atoms with van der Waals surface area (Å²) in [6.45, 7) is 3.62. The van der Waals surface area contributed by atoms with Gasteiger partial charge in [-0.15, -0.1) is 0 Å². The lowest BCUT2D eigenvalue weighted by Gasteiger charge is -2.22. The number of carbonyl (C=O) groups excluding carboxylic acids is 1. The third kappa shape index (κ3) is 2.60. The van der Waals surface area contributed by atoms with Crippen LogP contribution in [0, 0.1) is 18.8 Å². The maximum absolute atomic E-state index is 12.7. The normalized spacial score (nSPS) is 18.6. The highest BCUT2D eigenvalue weighted by Crippen LogP contribution is 2.34. The predicted molar refractivity (Wildman–Crippen MR) is 73.7 cm³/mol. The van der Waals surface area contributed by atoms with Gasteiger partial charge in [0.05, 0.1) is 11.4 Å². The van der Waals surface area contributed by atoms with Crippen LogP contribution in [0.4, 0.5) is 5.69 Å². The number of rotatable bonds is 5. The highest BCUT2D eigenvalue weighted by atomic mass is 16.2. The molecule has 5 heteroatoms. The molecule has 2 N–H and O–H groups in total. The van der Waals surface area contributed by atoms with E-state index in [0.717, 1.165) is 18.8 Å². The molecule has 1 aromatic heterocycles. The summed E-state index contributed by atoms with van der Waals surface area (Å²) in [5, 5.41) is 4.25. The van der Waals surface area contributed by atoms with Crippen LogP contribution in [0.3, 0.4) is 0 Å². The lowest BCUT2D eigenvalue weighted by molar-refractivity contribution is 0.0729. The average Bonchev–Trinajstić information content (AvgIpc) is 3.22. The van der Waals surface area contributed by atoms with Crippen LogP contribution in [-0.4, -0.2) is 33.7 Å². The monoisotopic (exact) mass is 262 g/mol. The zero-order chi connectivity index (χ0) is 13.6. The maximum atomic E-state index is 12.7. The second-order valence-electron chi connectivity index (χ2n) is 6.07. The first-order chi connectivity index (χ1) is 9.06. The summed E-state index contributed by atoms with van der Waals surface area (Å²) in [4.78, 5) is 14.7. The van der Waals surface area contributed by atoms with Gasteiger partial charge >= 0.3 is 0 Å². The van der Waals surface area contributed by atoms with E-state index in [1.807, 2.05) is 11.8 Å². The molecule has 0 unspecified atom stereocenters. The van der Waals surface area contributed by atoms with Crippen LogP contribution < -0.4 is 5.73 Å². The van der Waals surface area contributed by atoms with E-state index in [1.165, 1.54) is 25.7 Å². The standard InChI is InChI=1S/C14H22N4O/c1-9-12(15)13(17(2)16-9)14(19)18(7-10-3-4-10)8-11-5-6-11/h10-11H,3-8,15H2,1-2H3. The molecule has 0 spiro atoms. The summed E-state index contributed by atoms with van der Waals surface area (Å²) in [5.41, 5.74) is 7.83. The number of carbonyl (C=O) groups is 1. The molecule has 0 saturated heterocycles. The number of aryl methyl sites for hydroxylation is 2. The summed E-state index contributed by atoms with van der Waals surface area (Å²) in [7, 11) is 1.79. The van der Waals surface area contributed by atoms with Gasteiger partial charge < -0.3 is 10.6 Å². The fourth-order valence-electron chi connectivity index (χ4n) is 2.54. The molecule has 2 fully saturated rings. The third-order valence-corrected chi connectivity index (χ3v) is 4.11. The van der Waals surface area contributed by atoms with Crippen molar-refractivity contribution in [3.05, 3.63) is 11.4 Å². The third-order valence-electron chi connectivity index (χ3n) is 4.11. The Hall–Kier alpha value is -1.52. The number of amides is 1. The molecule has 2 aliphatic carbocycles. The summed E-state index contributed by atoms with van der Waals surface area (Å²) >= 11 is 0. The summed E-state index contributed by atoms with van der Waals surface area (Å²) in [6.07, 6.45) is 5.03. The number of nitrogens with two attached hydrogens (primary N) is 1. The average molecular weight is 262 g/mol. The summed E-state index contributed by atoms with van der Waals surface area (Å²) < 4.78 is 1.62. The van der Waals surface area contributed by atoms with E-state index < -0.39 is 0 Å². The molecular weight excluding hydrogens is 240 g/mol. The molecular formula is C14H22N4O. The molecule has 1 heterocycles. The smallest absolute Gasteiger partial charge is 0.274 e. The predicted octanol–water partition coefficient (Wildman–Crippen LogP) is 1.57. The van der Waals surface area contributed by atoms with E-state index in [-0.39, 0.29) is 5.91 Å². The SMILES string of the molecule is Cc1nn(C)c(C(=O)N(CC2CC2)CC2CC2)c1N. The Labute approximate surface area is 113 Å². The van der Waals surface area contributed by atoms with Crippen molar-refractivity contribution in [3.63, 3.8) is 0 Å². The van der Waals surface area contributed by atoms with Gasteiger partial charge in [0.1, 0.15) is 5.69 Å². The van der Waals surface area contributed by atoms with E-state index in [2.05, 4.69) is 5.10 Å². The molecule has 0 bridgehead atoms. The van der Waals surface area contributed by atoms with Gasteiger partial charge in [-0.05, 0) is 44.4 Å². The van der Waals surface area contributed by atoms with E-state index >= 15 is 0 Å². The Balaban J connectivity index is 1.80. The van der Waals surface area contributed by atoms with E-state index in [0.29, 0.717) is 23.2 Å². The Morgan fingerprint density at radius 2 is 1.84 bits per heavy atom. The molecule has 104 valence electrons. The van der Waals surface area contributed by atoms with Crippen molar-refractivity contribution >= 4 is 11.6 Å². The molecule has 5 nitrogen and oxygen atoms in total. The molecule has 1 aromatic rings. The van der Waals surface area contributed by atoms with Crippen molar-refractivity contribution in [3.8, 4) is 0 Å². The van der Waals surface area contributed by atoms with Gasteiger partial charge in [0, 0.05) is 20.1 Å². The van der Waals surface area contributed by atoms with Crippen LogP contribution in [0.5, 0.6) is 0 Å². The Bertz CT molecular complexity index is 486. The van der Waals surface area contributed by atoms with Crippen molar-refractivity contribution in [2.24, 2.45) is 18.9 Å². The largest absolute Gasteiger partial charge is 0.395 e. The van der Waals surface area contributed by atoms with Crippen molar-refractivity contribution in [1.82, 2.24) is 14.7 Å². The van der Waals surface area contributed by atoms with Crippen molar-refractivity contribution in [2.45, 2.75) is 32.6 Å². The van der Waals surface area contributed by atoms with Gasteiger partial charge in [-0.3, -0.25) is 9.48 Å².